The van der Waals surface area contributed by atoms with Crippen molar-refractivity contribution in [1.82, 2.24) is 19.4 Å². The molecule has 0 bridgehead atoms. The Hall–Kier alpha value is -2.17. The van der Waals surface area contributed by atoms with Crippen molar-refractivity contribution in [3.63, 3.8) is 0 Å². The minimum absolute atomic E-state index is 0.0541. The zero-order valence-corrected chi connectivity index (χ0v) is 12.0. The van der Waals surface area contributed by atoms with E-state index in [0.29, 0.717) is 5.56 Å². The van der Waals surface area contributed by atoms with Gasteiger partial charge < -0.3 is 4.90 Å². The fourth-order valence-electron chi connectivity index (χ4n) is 2.10. The SMILES string of the molecule is CCCN(CCC)C(=O)c1ccc(-n2ccnc2)nc1. The average Bonchev–Trinajstić information content (AvgIpc) is 3.01. The van der Waals surface area contributed by atoms with Crippen LogP contribution in [-0.4, -0.2) is 38.4 Å². The highest BCUT2D eigenvalue weighted by Gasteiger charge is 2.14. The summed E-state index contributed by atoms with van der Waals surface area (Å²) >= 11 is 0. The van der Waals surface area contributed by atoms with Gasteiger partial charge in [0.15, 0.2) is 0 Å². The standard InChI is InChI=1S/C15H20N4O/c1-3-8-18(9-4-2)15(20)13-5-6-14(17-11-13)19-10-7-16-12-19/h5-7,10-12H,3-4,8-9H2,1-2H3. The highest BCUT2D eigenvalue weighted by atomic mass is 16.2. The van der Waals surface area contributed by atoms with E-state index in [1.54, 1.807) is 18.7 Å². The number of rotatable bonds is 6. The monoisotopic (exact) mass is 272 g/mol. The average molecular weight is 272 g/mol. The van der Waals surface area contributed by atoms with Crippen molar-refractivity contribution in [3.05, 3.63) is 42.6 Å². The fourth-order valence-corrected chi connectivity index (χ4v) is 2.10. The van der Waals surface area contributed by atoms with Crippen molar-refractivity contribution in [1.29, 1.82) is 0 Å². The largest absolute Gasteiger partial charge is 0.339 e. The molecule has 0 aromatic carbocycles. The van der Waals surface area contributed by atoms with E-state index < -0.39 is 0 Å². The summed E-state index contributed by atoms with van der Waals surface area (Å²) in [6.07, 6.45) is 8.77. The molecular formula is C15H20N4O. The Labute approximate surface area is 119 Å². The Morgan fingerprint density at radius 2 is 2.00 bits per heavy atom. The van der Waals surface area contributed by atoms with Gasteiger partial charge in [-0.15, -0.1) is 0 Å². The molecule has 0 spiro atoms. The summed E-state index contributed by atoms with van der Waals surface area (Å²) in [7, 11) is 0. The molecule has 0 aliphatic heterocycles. The molecule has 0 unspecified atom stereocenters. The zero-order valence-electron chi connectivity index (χ0n) is 12.0. The summed E-state index contributed by atoms with van der Waals surface area (Å²) in [6.45, 7) is 5.73. The highest BCUT2D eigenvalue weighted by molar-refractivity contribution is 5.94. The second-order valence-corrected chi connectivity index (χ2v) is 4.67. The van der Waals surface area contributed by atoms with E-state index in [9.17, 15) is 4.79 Å². The summed E-state index contributed by atoms with van der Waals surface area (Å²) in [5.74, 6) is 0.815. The van der Waals surface area contributed by atoms with Crippen LogP contribution in [-0.2, 0) is 0 Å². The number of amides is 1. The summed E-state index contributed by atoms with van der Waals surface area (Å²) < 4.78 is 1.81. The highest BCUT2D eigenvalue weighted by Crippen LogP contribution is 2.09. The summed E-state index contributed by atoms with van der Waals surface area (Å²) in [5.41, 5.74) is 0.635. The van der Waals surface area contributed by atoms with Crippen LogP contribution in [0.1, 0.15) is 37.0 Å². The van der Waals surface area contributed by atoms with Gasteiger partial charge in [0.1, 0.15) is 12.1 Å². The number of pyridine rings is 1. The number of carbonyl (C=O) groups is 1. The van der Waals surface area contributed by atoms with Gasteiger partial charge in [-0.05, 0) is 25.0 Å². The van der Waals surface area contributed by atoms with Gasteiger partial charge in [0.05, 0.1) is 5.56 Å². The fraction of sp³-hybridized carbons (Fsp3) is 0.400. The van der Waals surface area contributed by atoms with Gasteiger partial charge in [0, 0.05) is 31.7 Å². The molecule has 0 fully saturated rings. The van der Waals surface area contributed by atoms with Gasteiger partial charge in [-0.1, -0.05) is 13.8 Å². The van der Waals surface area contributed by atoms with Gasteiger partial charge in [0.25, 0.3) is 5.91 Å². The van der Waals surface area contributed by atoms with Crippen LogP contribution < -0.4 is 0 Å². The molecule has 0 saturated heterocycles. The summed E-state index contributed by atoms with van der Waals surface area (Å²) in [5, 5.41) is 0. The van der Waals surface area contributed by atoms with Gasteiger partial charge in [-0.3, -0.25) is 9.36 Å². The normalized spacial score (nSPS) is 10.5. The van der Waals surface area contributed by atoms with Crippen LogP contribution in [0.3, 0.4) is 0 Å². The topological polar surface area (TPSA) is 51.0 Å². The van der Waals surface area contributed by atoms with Crippen LogP contribution in [0, 0.1) is 0 Å². The molecule has 2 aromatic rings. The maximum atomic E-state index is 12.4. The Kier molecular flexibility index (Phi) is 4.87. The molecule has 0 aliphatic carbocycles. The second kappa shape index (κ2) is 6.84. The minimum Gasteiger partial charge on any atom is -0.339 e. The van der Waals surface area contributed by atoms with Crippen molar-refractivity contribution < 1.29 is 4.79 Å². The smallest absolute Gasteiger partial charge is 0.255 e. The quantitative estimate of drug-likeness (QED) is 0.812. The van der Waals surface area contributed by atoms with Crippen molar-refractivity contribution in [2.45, 2.75) is 26.7 Å². The van der Waals surface area contributed by atoms with Crippen molar-refractivity contribution >= 4 is 5.91 Å². The van der Waals surface area contributed by atoms with E-state index >= 15 is 0 Å². The van der Waals surface area contributed by atoms with Crippen molar-refractivity contribution in [2.75, 3.05) is 13.1 Å². The lowest BCUT2D eigenvalue weighted by Gasteiger charge is -2.21. The number of hydrogen-bond donors (Lipinski definition) is 0. The minimum atomic E-state index is 0.0541. The molecule has 5 nitrogen and oxygen atoms in total. The van der Waals surface area contributed by atoms with Crippen LogP contribution in [0.2, 0.25) is 0 Å². The third-order valence-electron chi connectivity index (χ3n) is 3.04. The number of imidazole rings is 1. The Balaban J connectivity index is 2.14. The molecule has 0 saturated carbocycles. The molecule has 2 aromatic heterocycles. The van der Waals surface area contributed by atoms with Crippen LogP contribution in [0.4, 0.5) is 0 Å². The third kappa shape index (κ3) is 3.23. The van der Waals surface area contributed by atoms with Crippen LogP contribution >= 0.6 is 0 Å². The predicted octanol–water partition coefficient (Wildman–Crippen LogP) is 2.53. The predicted molar refractivity (Wildman–Crippen MR) is 77.8 cm³/mol. The maximum absolute atomic E-state index is 12.4. The van der Waals surface area contributed by atoms with E-state index in [1.165, 1.54) is 0 Å². The lowest BCUT2D eigenvalue weighted by atomic mass is 10.2. The van der Waals surface area contributed by atoms with Crippen LogP contribution in [0.15, 0.2) is 37.1 Å². The Bertz CT molecular complexity index is 528. The first-order chi connectivity index (χ1) is 9.76. The van der Waals surface area contributed by atoms with Gasteiger partial charge in [-0.2, -0.15) is 0 Å². The van der Waals surface area contributed by atoms with E-state index in [1.807, 2.05) is 27.8 Å². The van der Waals surface area contributed by atoms with Crippen LogP contribution in [0.25, 0.3) is 5.82 Å². The Morgan fingerprint density at radius 1 is 1.25 bits per heavy atom. The second-order valence-electron chi connectivity index (χ2n) is 4.67. The molecule has 0 atom stereocenters. The molecule has 0 N–H and O–H groups in total. The molecule has 0 radical (unpaired) electrons. The Morgan fingerprint density at radius 3 is 2.50 bits per heavy atom. The van der Waals surface area contributed by atoms with E-state index in [-0.39, 0.29) is 5.91 Å². The van der Waals surface area contributed by atoms with Crippen molar-refractivity contribution in [2.24, 2.45) is 0 Å². The number of aromatic nitrogens is 3. The van der Waals surface area contributed by atoms with Gasteiger partial charge in [0.2, 0.25) is 0 Å². The van der Waals surface area contributed by atoms with Gasteiger partial charge in [-0.25, -0.2) is 9.97 Å². The number of nitrogens with zero attached hydrogens (tertiary/aromatic N) is 4. The zero-order chi connectivity index (χ0) is 14.4. The molecule has 2 rings (SSSR count). The summed E-state index contributed by atoms with van der Waals surface area (Å²) in [6, 6.07) is 3.66. The molecular weight excluding hydrogens is 252 g/mol. The van der Waals surface area contributed by atoms with E-state index in [0.717, 1.165) is 31.7 Å². The molecule has 0 aliphatic rings. The maximum Gasteiger partial charge on any atom is 0.255 e. The molecule has 2 heterocycles. The third-order valence-corrected chi connectivity index (χ3v) is 3.04. The molecule has 5 heteroatoms. The van der Waals surface area contributed by atoms with Gasteiger partial charge >= 0.3 is 0 Å². The van der Waals surface area contributed by atoms with Crippen molar-refractivity contribution in [3.8, 4) is 5.82 Å². The number of carbonyl (C=O) groups excluding carboxylic acids is 1. The first-order valence-corrected chi connectivity index (χ1v) is 7.00. The first-order valence-electron chi connectivity index (χ1n) is 7.00. The lowest BCUT2D eigenvalue weighted by molar-refractivity contribution is 0.0755. The lowest BCUT2D eigenvalue weighted by Crippen LogP contribution is -2.32. The van der Waals surface area contributed by atoms with E-state index in [4.69, 9.17) is 0 Å². The first kappa shape index (κ1) is 14.2. The molecule has 1 amide bonds. The summed E-state index contributed by atoms with van der Waals surface area (Å²) in [4.78, 5) is 22.6. The van der Waals surface area contributed by atoms with E-state index in [2.05, 4.69) is 23.8 Å². The number of hydrogen-bond acceptors (Lipinski definition) is 3. The molecule has 20 heavy (non-hydrogen) atoms. The molecule has 106 valence electrons. The van der Waals surface area contributed by atoms with Crippen LogP contribution in [0.5, 0.6) is 0 Å².